The van der Waals surface area contributed by atoms with Gasteiger partial charge in [0.15, 0.2) is 0 Å². The lowest BCUT2D eigenvalue weighted by Gasteiger charge is -2.09. The fourth-order valence-electron chi connectivity index (χ4n) is 0.917. The number of anilines is 1. The molecule has 0 bridgehead atoms. The van der Waals surface area contributed by atoms with Crippen LogP contribution in [0.1, 0.15) is 6.92 Å². The summed E-state index contributed by atoms with van der Waals surface area (Å²) in [6, 6.07) is 7.13. The Bertz CT molecular complexity index is 330. The summed E-state index contributed by atoms with van der Waals surface area (Å²) in [5.74, 6) is -0.000216. The Hall–Kier alpha value is -0.670. The van der Waals surface area contributed by atoms with Crippen LogP contribution in [-0.4, -0.2) is 17.4 Å². The van der Waals surface area contributed by atoms with E-state index >= 15 is 0 Å². The Morgan fingerprint density at radius 2 is 2.29 bits per heavy atom. The van der Waals surface area contributed by atoms with Crippen molar-refractivity contribution in [1.29, 1.82) is 0 Å². The molecule has 14 heavy (non-hydrogen) atoms. The predicted molar refractivity (Wildman–Crippen MR) is 63.1 cm³/mol. The Morgan fingerprint density at radius 3 is 2.86 bits per heavy atom. The molecule has 0 aliphatic heterocycles. The summed E-state index contributed by atoms with van der Waals surface area (Å²) in [6.07, 6.45) is 1.90. The van der Waals surface area contributed by atoms with Gasteiger partial charge in [-0.05, 0) is 31.4 Å². The van der Waals surface area contributed by atoms with Crippen molar-refractivity contribution < 1.29 is 4.79 Å². The molecule has 0 fully saturated rings. The third kappa shape index (κ3) is 3.24. The van der Waals surface area contributed by atoms with Crippen LogP contribution in [0, 0.1) is 0 Å². The Balaban J connectivity index is 2.65. The zero-order valence-electron chi connectivity index (χ0n) is 8.08. The Kier molecular flexibility index (Phi) is 4.29. The maximum Gasteiger partial charge on any atom is 0.237 e. The van der Waals surface area contributed by atoms with Crippen LogP contribution in [0.3, 0.4) is 0 Å². The summed E-state index contributed by atoms with van der Waals surface area (Å²) in [5, 5.41) is 3.37. The monoisotopic (exact) mass is 229 g/mol. The van der Waals surface area contributed by atoms with Crippen LogP contribution in [0.15, 0.2) is 24.3 Å². The highest BCUT2D eigenvalue weighted by Gasteiger charge is 2.10. The molecule has 1 amide bonds. The van der Waals surface area contributed by atoms with Crippen LogP contribution in [0.5, 0.6) is 0 Å². The number of thioether (sulfide) groups is 1. The van der Waals surface area contributed by atoms with Crippen LogP contribution in [0.4, 0.5) is 5.69 Å². The van der Waals surface area contributed by atoms with Crippen LogP contribution >= 0.6 is 23.4 Å². The lowest BCUT2D eigenvalue weighted by atomic mass is 10.3. The van der Waals surface area contributed by atoms with Gasteiger partial charge in [0.1, 0.15) is 0 Å². The van der Waals surface area contributed by atoms with E-state index < -0.39 is 0 Å². The SMILES string of the molecule is CS[C@H](C)C(=O)Nc1cccc(Cl)c1. The van der Waals surface area contributed by atoms with Crippen LogP contribution < -0.4 is 5.32 Å². The topological polar surface area (TPSA) is 29.1 Å². The van der Waals surface area contributed by atoms with E-state index in [1.54, 1.807) is 12.1 Å². The highest BCUT2D eigenvalue weighted by molar-refractivity contribution is 7.99. The molecular weight excluding hydrogens is 218 g/mol. The first-order chi connectivity index (χ1) is 6.63. The maximum atomic E-state index is 11.5. The van der Waals surface area contributed by atoms with Crippen molar-refractivity contribution in [2.75, 3.05) is 11.6 Å². The number of hydrogen-bond acceptors (Lipinski definition) is 2. The van der Waals surface area contributed by atoms with Crippen LogP contribution in [0.2, 0.25) is 5.02 Å². The second-order valence-corrected chi connectivity index (χ2v) is 4.49. The third-order valence-corrected chi connectivity index (χ3v) is 2.97. The fourth-order valence-corrected chi connectivity index (χ4v) is 1.38. The summed E-state index contributed by atoms with van der Waals surface area (Å²) in [4.78, 5) is 11.5. The van der Waals surface area contributed by atoms with E-state index in [2.05, 4.69) is 5.32 Å². The first-order valence-corrected chi connectivity index (χ1v) is 5.89. The predicted octanol–water partition coefficient (Wildman–Crippen LogP) is 3.03. The lowest BCUT2D eigenvalue weighted by Crippen LogP contribution is -2.21. The minimum Gasteiger partial charge on any atom is -0.325 e. The van der Waals surface area contributed by atoms with Gasteiger partial charge in [0.05, 0.1) is 5.25 Å². The molecule has 0 saturated carbocycles. The zero-order chi connectivity index (χ0) is 10.6. The molecular formula is C10H12ClNOS. The van der Waals surface area contributed by atoms with Crippen molar-refractivity contribution in [1.82, 2.24) is 0 Å². The number of amides is 1. The number of rotatable bonds is 3. The molecule has 0 unspecified atom stereocenters. The van der Waals surface area contributed by atoms with Crippen LogP contribution in [0.25, 0.3) is 0 Å². The molecule has 0 aliphatic carbocycles. The van der Waals surface area contributed by atoms with Gasteiger partial charge in [-0.25, -0.2) is 0 Å². The van der Waals surface area contributed by atoms with E-state index in [-0.39, 0.29) is 11.2 Å². The van der Waals surface area contributed by atoms with E-state index in [1.807, 2.05) is 25.3 Å². The van der Waals surface area contributed by atoms with Crippen molar-refractivity contribution >= 4 is 35.0 Å². The molecule has 0 aliphatic rings. The molecule has 0 radical (unpaired) electrons. The highest BCUT2D eigenvalue weighted by Crippen LogP contribution is 2.16. The number of carbonyl (C=O) groups excluding carboxylic acids is 1. The number of nitrogens with one attached hydrogen (secondary N) is 1. The second kappa shape index (κ2) is 5.27. The van der Waals surface area contributed by atoms with E-state index in [1.165, 1.54) is 11.8 Å². The van der Waals surface area contributed by atoms with Crippen molar-refractivity contribution in [3.63, 3.8) is 0 Å². The number of benzene rings is 1. The van der Waals surface area contributed by atoms with Crippen molar-refractivity contribution in [2.24, 2.45) is 0 Å². The molecule has 1 N–H and O–H groups in total. The van der Waals surface area contributed by atoms with Crippen molar-refractivity contribution in [2.45, 2.75) is 12.2 Å². The van der Waals surface area contributed by atoms with E-state index in [0.717, 1.165) is 5.69 Å². The molecule has 0 saturated heterocycles. The molecule has 4 heteroatoms. The molecule has 1 atom stereocenters. The van der Waals surface area contributed by atoms with Gasteiger partial charge in [-0.2, -0.15) is 11.8 Å². The van der Waals surface area contributed by atoms with Gasteiger partial charge >= 0.3 is 0 Å². The molecule has 1 aromatic carbocycles. The van der Waals surface area contributed by atoms with E-state index in [9.17, 15) is 4.79 Å². The lowest BCUT2D eigenvalue weighted by molar-refractivity contribution is -0.115. The molecule has 0 spiro atoms. The summed E-state index contributed by atoms with van der Waals surface area (Å²) in [7, 11) is 0. The Labute approximate surface area is 93.0 Å². The molecule has 0 aromatic heterocycles. The average molecular weight is 230 g/mol. The summed E-state index contributed by atoms with van der Waals surface area (Å²) in [5.41, 5.74) is 0.739. The molecule has 1 rings (SSSR count). The normalized spacial score (nSPS) is 12.2. The van der Waals surface area contributed by atoms with Gasteiger partial charge < -0.3 is 5.32 Å². The van der Waals surface area contributed by atoms with Gasteiger partial charge in [-0.1, -0.05) is 17.7 Å². The minimum absolute atomic E-state index is 0.000216. The largest absolute Gasteiger partial charge is 0.325 e. The standard InChI is InChI=1S/C10H12ClNOS/c1-7(14-2)10(13)12-9-5-3-4-8(11)6-9/h3-7H,1-2H3,(H,12,13)/t7-/m1/s1. The molecule has 0 heterocycles. The van der Waals surface area contributed by atoms with E-state index in [4.69, 9.17) is 11.6 Å². The van der Waals surface area contributed by atoms with E-state index in [0.29, 0.717) is 5.02 Å². The molecule has 2 nitrogen and oxygen atoms in total. The van der Waals surface area contributed by atoms with Gasteiger partial charge in [0.25, 0.3) is 0 Å². The molecule has 1 aromatic rings. The molecule has 76 valence electrons. The Morgan fingerprint density at radius 1 is 1.57 bits per heavy atom. The zero-order valence-corrected chi connectivity index (χ0v) is 9.65. The minimum atomic E-state index is -0.0472. The van der Waals surface area contributed by atoms with Gasteiger partial charge in [0.2, 0.25) is 5.91 Å². The maximum absolute atomic E-state index is 11.5. The van der Waals surface area contributed by atoms with Gasteiger partial charge in [-0.15, -0.1) is 0 Å². The number of carbonyl (C=O) groups is 1. The summed E-state index contributed by atoms with van der Waals surface area (Å²) < 4.78 is 0. The summed E-state index contributed by atoms with van der Waals surface area (Å²) >= 11 is 7.30. The average Bonchev–Trinajstić information content (AvgIpc) is 2.16. The second-order valence-electron chi connectivity index (χ2n) is 2.88. The quantitative estimate of drug-likeness (QED) is 0.863. The summed E-state index contributed by atoms with van der Waals surface area (Å²) in [6.45, 7) is 1.87. The number of halogens is 1. The van der Waals surface area contributed by atoms with Crippen molar-refractivity contribution in [3.8, 4) is 0 Å². The fraction of sp³-hybridized carbons (Fsp3) is 0.300. The number of hydrogen-bond donors (Lipinski definition) is 1. The first-order valence-electron chi connectivity index (χ1n) is 4.22. The third-order valence-electron chi connectivity index (χ3n) is 1.81. The highest BCUT2D eigenvalue weighted by atomic mass is 35.5. The van der Waals surface area contributed by atoms with Gasteiger partial charge in [-0.3, -0.25) is 4.79 Å². The van der Waals surface area contributed by atoms with Crippen molar-refractivity contribution in [3.05, 3.63) is 29.3 Å². The van der Waals surface area contributed by atoms with Crippen LogP contribution in [-0.2, 0) is 4.79 Å². The smallest absolute Gasteiger partial charge is 0.237 e. The van der Waals surface area contributed by atoms with Gasteiger partial charge in [0, 0.05) is 10.7 Å². The first kappa shape index (κ1) is 11.4.